The van der Waals surface area contributed by atoms with Crippen LogP contribution >= 0.6 is 0 Å². The van der Waals surface area contributed by atoms with Crippen LogP contribution in [0.5, 0.6) is 0 Å². The molecular formula is C18H24F3N5O. The first kappa shape index (κ1) is 19.6. The largest absolute Gasteiger partial charge is 0.453 e. The number of alkyl halides is 3. The van der Waals surface area contributed by atoms with Crippen molar-refractivity contribution in [1.29, 1.82) is 0 Å². The van der Waals surface area contributed by atoms with Crippen LogP contribution in [0.25, 0.3) is 5.78 Å². The van der Waals surface area contributed by atoms with Crippen molar-refractivity contribution in [2.75, 3.05) is 6.54 Å². The van der Waals surface area contributed by atoms with Crippen LogP contribution in [0.2, 0.25) is 0 Å². The highest BCUT2D eigenvalue weighted by atomic mass is 19.4. The molecule has 148 valence electrons. The fraction of sp³-hybridized carbons (Fsp3) is 0.667. The highest BCUT2D eigenvalue weighted by Crippen LogP contribution is 2.27. The van der Waals surface area contributed by atoms with E-state index in [0.717, 1.165) is 22.9 Å². The first-order valence-electron chi connectivity index (χ1n) is 9.32. The molecule has 0 spiro atoms. The number of aryl methyl sites for hydroxylation is 2. The second-order valence-electron chi connectivity index (χ2n) is 7.21. The number of rotatable bonds is 5. The summed E-state index contributed by atoms with van der Waals surface area (Å²) in [6.45, 7) is 4.09. The van der Waals surface area contributed by atoms with E-state index in [4.69, 9.17) is 0 Å². The monoisotopic (exact) mass is 383 g/mol. The summed E-state index contributed by atoms with van der Waals surface area (Å²) in [5.41, 5.74) is 1.83. The van der Waals surface area contributed by atoms with Crippen LogP contribution in [0.3, 0.4) is 0 Å². The number of hydrogen-bond donors (Lipinski definition) is 1. The van der Waals surface area contributed by atoms with Gasteiger partial charge in [-0.2, -0.15) is 18.2 Å². The molecule has 1 fully saturated rings. The van der Waals surface area contributed by atoms with Gasteiger partial charge in [0.2, 0.25) is 5.91 Å². The van der Waals surface area contributed by atoms with Crippen LogP contribution in [0.1, 0.15) is 61.3 Å². The van der Waals surface area contributed by atoms with Gasteiger partial charge in [-0.15, -0.1) is 5.10 Å². The summed E-state index contributed by atoms with van der Waals surface area (Å²) in [6.07, 6.45) is 2.09. The first-order valence-corrected chi connectivity index (χ1v) is 9.32. The molecule has 0 radical (unpaired) electrons. The summed E-state index contributed by atoms with van der Waals surface area (Å²) >= 11 is 0. The molecule has 1 aliphatic carbocycles. The van der Waals surface area contributed by atoms with Gasteiger partial charge in [-0.05, 0) is 44.6 Å². The van der Waals surface area contributed by atoms with E-state index in [1.165, 1.54) is 19.3 Å². The van der Waals surface area contributed by atoms with E-state index in [2.05, 4.69) is 20.4 Å². The van der Waals surface area contributed by atoms with Crippen LogP contribution in [-0.4, -0.2) is 32.0 Å². The minimum atomic E-state index is -4.62. The molecule has 0 saturated heterocycles. The Balaban J connectivity index is 1.66. The summed E-state index contributed by atoms with van der Waals surface area (Å²) in [5.74, 6) is -0.781. The van der Waals surface area contributed by atoms with Crippen LogP contribution in [-0.2, 0) is 17.4 Å². The van der Waals surface area contributed by atoms with Crippen molar-refractivity contribution in [3.8, 4) is 0 Å². The van der Waals surface area contributed by atoms with Crippen molar-refractivity contribution in [2.45, 2.75) is 65.0 Å². The number of nitrogens with zero attached hydrogens (tertiary/aromatic N) is 4. The molecule has 2 heterocycles. The van der Waals surface area contributed by atoms with Crippen molar-refractivity contribution >= 4 is 11.7 Å². The van der Waals surface area contributed by atoms with Crippen LogP contribution in [0, 0.1) is 19.8 Å². The Morgan fingerprint density at radius 2 is 1.89 bits per heavy atom. The Morgan fingerprint density at radius 1 is 1.19 bits per heavy atom. The maximum absolute atomic E-state index is 12.8. The zero-order valence-electron chi connectivity index (χ0n) is 15.6. The molecule has 1 N–H and O–H groups in total. The molecule has 0 bridgehead atoms. The Morgan fingerprint density at radius 3 is 2.56 bits per heavy atom. The van der Waals surface area contributed by atoms with Gasteiger partial charge < -0.3 is 5.32 Å². The Hall–Kier alpha value is -2.19. The molecule has 1 aliphatic rings. The zero-order valence-corrected chi connectivity index (χ0v) is 15.6. The maximum atomic E-state index is 12.8. The molecule has 0 aliphatic heterocycles. The number of amides is 1. The average Bonchev–Trinajstić information content (AvgIpc) is 3.05. The summed E-state index contributed by atoms with van der Waals surface area (Å²) < 4.78 is 39.6. The third-order valence-corrected chi connectivity index (χ3v) is 5.22. The number of aromatic nitrogens is 4. The van der Waals surface area contributed by atoms with Gasteiger partial charge in [-0.3, -0.25) is 4.79 Å². The topological polar surface area (TPSA) is 72.2 Å². The van der Waals surface area contributed by atoms with E-state index >= 15 is 0 Å². The van der Waals surface area contributed by atoms with Gasteiger partial charge in [0.15, 0.2) is 0 Å². The second-order valence-corrected chi connectivity index (χ2v) is 7.21. The van der Waals surface area contributed by atoms with Gasteiger partial charge >= 0.3 is 6.18 Å². The van der Waals surface area contributed by atoms with Crippen LogP contribution in [0.15, 0.2) is 0 Å². The van der Waals surface area contributed by atoms with Gasteiger partial charge in [0, 0.05) is 24.4 Å². The first-order chi connectivity index (χ1) is 12.8. The number of carbonyl (C=O) groups excluding carboxylic acids is 1. The third-order valence-electron chi connectivity index (χ3n) is 5.22. The molecular weight excluding hydrogens is 359 g/mol. The number of halogens is 3. The molecule has 1 saturated carbocycles. The fourth-order valence-corrected chi connectivity index (χ4v) is 3.67. The van der Waals surface area contributed by atoms with E-state index in [1.807, 2.05) is 0 Å². The van der Waals surface area contributed by atoms with Crippen molar-refractivity contribution in [3.63, 3.8) is 0 Å². The summed E-state index contributed by atoms with van der Waals surface area (Å²) in [6, 6.07) is 0. The normalized spacial score (nSPS) is 16.0. The Bertz CT molecular complexity index is 824. The standard InChI is InChI=1S/C18H24F3N5O/c1-11-14(8-9-15(27)22-10-13-6-4-3-5-7-13)12(2)26-17(23-11)24-16(25-26)18(19,20)21/h13H,3-10H2,1-2H3,(H,22,27). The van der Waals surface area contributed by atoms with E-state index in [9.17, 15) is 18.0 Å². The van der Waals surface area contributed by atoms with Crippen molar-refractivity contribution in [2.24, 2.45) is 5.92 Å². The van der Waals surface area contributed by atoms with Crippen molar-refractivity contribution in [1.82, 2.24) is 24.9 Å². The molecule has 9 heteroatoms. The molecule has 3 rings (SSSR count). The summed E-state index contributed by atoms with van der Waals surface area (Å²) in [4.78, 5) is 19.8. The predicted molar refractivity (Wildman–Crippen MR) is 93.2 cm³/mol. The number of nitrogens with one attached hydrogen (secondary N) is 1. The fourth-order valence-electron chi connectivity index (χ4n) is 3.67. The molecule has 0 unspecified atom stereocenters. The maximum Gasteiger partial charge on any atom is 0.453 e. The quantitative estimate of drug-likeness (QED) is 0.859. The van der Waals surface area contributed by atoms with Crippen molar-refractivity contribution < 1.29 is 18.0 Å². The molecule has 0 aromatic carbocycles. The lowest BCUT2D eigenvalue weighted by Gasteiger charge is -2.21. The lowest BCUT2D eigenvalue weighted by molar-refractivity contribution is -0.144. The minimum absolute atomic E-state index is 0.0472. The number of fused-ring (bicyclic) bond motifs is 1. The zero-order chi connectivity index (χ0) is 19.6. The lowest BCUT2D eigenvalue weighted by Crippen LogP contribution is -2.30. The minimum Gasteiger partial charge on any atom is -0.356 e. The summed E-state index contributed by atoms with van der Waals surface area (Å²) in [5, 5.41) is 6.51. The second kappa shape index (κ2) is 7.82. The van der Waals surface area contributed by atoms with Gasteiger partial charge in [-0.1, -0.05) is 19.3 Å². The van der Waals surface area contributed by atoms with Gasteiger partial charge in [-0.25, -0.2) is 9.50 Å². The SMILES string of the molecule is Cc1nc2nc(C(F)(F)F)nn2c(C)c1CCC(=O)NCC1CCCCC1. The number of hydrogen-bond acceptors (Lipinski definition) is 4. The predicted octanol–water partition coefficient (Wildman–Crippen LogP) is 3.39. The van der Waals surface area contributed by atoms with Gasteiger partial charge in [0.05, 0.1) is 0 Å². The third kappa shape index (κ3) is 4.56. The highest BCUT2D eigenvalue weighted by molar-refractivity contribution is 5.76. The Kier molecular flexibility index (Phi) is 5.67. The summed E-state index contributed by atoms with van der Waals surface area (Å²) in [7, 11) is 0. The van der Waals surface area contributed by atoms with E-state index in [-0.39, 0.29) is 18.1 Å². The van der Waals surface area contributed by atoms with Crippen LogP contribution < -0.4 is 5.32 Å². The van der Waals surface area contributed by atoms with E-state index < -0.39 is 12.0 Å². The van der Waals surface area contributed by atoms with Gasteiger partial charge in [0.1, 0.15) is 0 Å². The molecule has 2 aromatic heterocycles. The molecule has 1 amide bonds. The molecule has 6 nitrogen and oxygen atoms in total. The lowest BCUT2D eigenvalue weighted by atomic mass is 9.89. The molecule has 0 atom stereocenters. The van der Waals surface area contributed by atoms with Gasteiger partial charge in [0.25, 0.3) is 11.6 Å². The highest BCUT2D eigenvalue weighted by Gasteiger charge is 2.37. The van der Waals surface area contributed by atoms with E-state index in [1.54, 1.807) is 13.8 Å². The smallest absolute Gasteiger partial charge is 0.356 e. The number of carbonyl (C=O) groups is 1. The van der Waals surface area contributed by atoms with Crippen molar-refractivity contribution in [3.05, 3.63) is 22.8 Å². The average molecular weight is 383 g/mol. The Labute approximate surface area is 155 Å². The molecule has 27 heavy (non-hydrogen) atoms. The van der Waals surface area contributed by atoms with Crippen LogP contribution in [0.4, 0.5) is 13.2 Å². The molecule has 2 aromatic rings. The van der Waals surface area contributed by atoms with E-state index in [0.29, 0.717) is 30.3 Å².